The molecule has 0 spiro atoms. The van der Waals surface area contributed by atoms with Crippen molar-refractivity contribution in [3.05, 3.63) is 65.7 Å². The van der Waals surface area contributed by atoms with E-state index in [2.05, 4.69) is 10.0 Å². The van der Waals surface area contributed by atoms with Gasteiger partial charge in [-0.25, -0.2) is 13.1 Å². The molecule has 7 heteroatoms. The Balaban J connectivity index is 1.83. The molecule has 2 N–H and O–H groups in total. The molecule has 146 valence electrons. The van der Waals surface area contributed by atoms with Gasteiger partial charge < -0.3 is 10.2 Å². The third kappa shape index (κ3) is 6.46. The molecule has 0 aliphatic carbocycles. The second kappa shape index (κ2) is 9.64. The molecule has 0 heterocycles. The van der Waals surface area contributed by atoms with Gasteiger partial charge in [-0.3, -0.25) is 4.79 Å². The Morgan fingerprint density at radius 3 is 2.41 bits per heavy atom. The van der Waals surface area contributed by atoms with Crippen molar-refractivity contribution < 1.29 is 13.2 Å². The van der Waals surface area contributed by atoms with Gasteiger partial charge in [-0.2, -0.15) is 0 Å². The number of rotatable bonds is 9. The smallest absolute Gasteiger partial charge is 0.240 e. The molecule has 0 fully saturated rings. The van der Waals surface area contributed by atoms with Gasteiger partial charge in [0.2, 0.25) is 15.9 Å². The van der Waals surface area contributed by atoms with Crippen molar-refractivity contribution in [2.45, 2.75) is 24.3 Å². The molecule has 0 saturated carbocycles. The van der Waals surface area contributed by atoms with Crippen LogP contribution < -0.4 is 10.0 Å². The standard InChI is InChI=1S/C20H27N3O3S/c1-16-8-7-11-18(14-16)27(25,26)22-13-12-20(24)21-15-19(23(2)3)17-9-5-4-6-10-17/h4-11,14,19,22H,12-13,15H2,1-3H3,(H,21,24)/t19-/m1/s1. The van der Waals surface area contributed by atoms with Gasteiger partial charge in [0.25, 0.3) is 0 Å². The number of benzene rings is 2. The maximum absolute atomic E-state index is 12.3. The van der Waals surface area contributed by atoms with Gasteiger partial charge in [0.15, 0.2) is 0 Å². The fraction of sp³-hybridized carbons (Fsp3) is 0.350. The van der Waals surface area contributed by atoms with Crippen LogP contribution in [0.4, 0.5) is 0 Å². The van der Waals surface area contributed by atoms with Crippen molar-refractivity contribution in [3.63, 3.8) is 0 Å². The molecule has 2 rings (SSSR count). The molecule has 0 saturated heterocycles. The monoisotopic (exact) mass is 389 g/mol. The average molecular weight is 390 g/mol. The number of hydrogen-bond donors (Lipinski definition) is 2. The van der Waals surface area contributed by atoms with Gasteiger partial charge in [0, 0.05) is 19.5 Å². The molecule has 1 atom stereocenters. The summed E-state index contributed by atoms with van der Waals surface area (Å²) in [5.41, 5.74) is 1.98. The number of hydrogen-bond acceptors (Lipinski definition) is 4. The van der Waals surface area contributed by atoms with Crippen LogP contribution in [0.25, 0.3) is 0 Å². The molecule has 1 amide bonds. The highest BCUT2D eigenvalue weighted by Gasteiger charge is 2.16. The number of aryl methyl sites for hydroxylation is 1. The molecule has 0 aromatic heterocycles. The first-order valence-electron chi connectivity index (χ1n) is 8.84. The maximum Gasteiger partial charge on any atom is 0.240 e. The van der Waals surface area contributed by atoms with Crippen molar-refractivity contribution in [3.8, 4) is 0 Å². The van der Waals surface area contributed by atoms with E-state index in [9.17, 15) is 13.2 Å². The first-order chi connectivity index (χ1) is 12.8. The van der Waals surface area contributed by atoms with Crippen LogP contribution in [-0.2, 0) is 14.8 Å². The minimum atomic E-state index is -3.60. The van der Waals surface area contributed by atoms with E-state index in [1.54, 1.807) is 12.1 Å². The summed E-state index contributed by atoms with van der Waals surface area (Å²) in [5.74, 6) is -0.190. The number of carbonyl (C=O) groups excluding carboxylic acids is 1. The zero-order valence-electron chi connectivity index (χ0n) is 16.0. The van der Waals surface area contributed by atoms with E-state index in [4.69, 9.17) is 0 Å². The summed E-state index contributed by atoms with van der Waals surface area (Å²) in [6, 6.07) is 16.7. The highest BCUT2D eigenvalue weighted by atomic mass is 32.2. The maximum atomic E-state index is 12.3. The Kier molecular flexibility index (Phi) is 7.53. The Hall–Kier alpha value is -2.22. The summed E-state index contributed by atoms with van der Waals surface area (Å²) in [7, 11) is 0.312. The summed E-state index contributed by atoms with van der Waals surface area (Å²) in [5, 5.41) is 2.88. The lowest BCUT2D eigenvalue weighted by Gasteiger charge is -2.25. The lowest BCUT2D eigenvalue weighted by molar-refractivity contribution is -0.121. The lowest BCUT2D eigenvalue weighted by Crippen LogP contribution is -2.36. The Morgan fingerprint density at radius 1 is 1.07 bits per heavy atom. The topological polar surface area (TPSA) is 78.5 Å². The summed E-state index contributed by atoms with van der Waals surface area (Å²) >= 11 is 0. The fourth-order valence-electron chi connectivity index (χ4n) is 2.74. The molecule has 2 aromatic rings. The largest absolute Gasteiger partial charge is 0.354 e. The third-order valence-corrected chi connectivity index (χ3v) is 5.70. The predicted molar refractivity (Wildman–Crippen MR) is 107 cm³/mol. The molecule has 27 heavy (non-hydrogen) atoms. The van der Waals surface area contributed by atoms with Gasteiger partial charge in [0.1, 0.15) is 0 Å². The molecule has 0 unspecified atom stereocenters. The molecular formula is C20H27N3O3S. The van der Waals surface area contributed by atoms with Gasteiger partial charge in [0.05, 0.1) is 10.9 Å². The zero-order chi connectivity index (χ0) is 19.9. The SMILES string of the molecule is Cc1cccc(S(=O)(=O)NCCC(=O)NC[C@H](c2ccccc2)N(C)C)c1. The summed E-state index contributed by atoms with van der Waals surface area (Å²) in [6.07, 6.45) is 0.0833. The third-order valence-electron chi connectivity index (χ3n) is 4.24. The van der Waals surface area contributed by atoms with Crippen LogP contribution in [0.1, 0.15) is 23.6 Å². The number of amides is 1. The van der Waals surface area contributed by atoms with E-state index in [-0.39, 0.29) is 29.8 Å². The van der Waals surface area contributed by atoms with Crippen molar-refractivity contribution in [2.24, 2.45) is 0 Å². The first kappa shape index (κ1) is 21.1. The zero-order valence-corrected chi connectivity index (χ0v) is 16.8. The quantitative estimate of drug-likeness (QED) is 0.688. The molecule has 0 radical (unpaired) electrons. The van der Waals surface area contributed by atoms with Crippen molar-refractivity contribution in [1.29, 1.82) is 0 Å². The van der Waals surface area contributed by atoms with Gasteiger partial charge in [-0.15, -0.1) is 0 Å². The molecule has 0 bridgehead atoms. The Morgan fingerprint density at radius 2 is 1.78 bits per heavy atom. The number of nitrogens with one attached hydrogen (secondary N) is 2. The first-order valence-corrected chi connectivity index (χ1v) is 10.3. The van der Waals surface area contributed by atoms with Crippen LogP contribution in [0.15, 0.2) is 59.5 Å². The van der Waals surface area contributed by atoms with Crippen LogP contribution in [0, 0.1) is 6.92 Å². The summed E-state index contributed by atoms with van der Waals surface area (Å²) in [4.78, 5) is 14.4. The van der Waals surface area contributed by atoms with Crippen molar-refractivity contribution in [2.75, 3.05) is 27.2 Å². The molecular weight excluding hydrogens is 362 g/mol. The fourth-order valence-corrected chi connectivity index (χ4v) is 3.87. The van der Waals surface area contributed by atoms with E-state index < -0.39 is 10.0 Å². The summed E-state index contributed by atoms with van der Waals surface area (Å²) < 4.78 is 27.0. The minimum absolute atomic E-state index is 0.0548. The van der Waals surface area contributed by atoms with Crippen molar-refractivity contribution in [1.82, 2.24) is 14.9 Å². The highest BCUT2D eigenvalue weighted by molar-refractivity contribution is 7.89. The number of likely N-dealkylation sites (N-methyl/N-ethyl adjacent to an activating group) is 1. The Bertz CT molecular complexity index is 852. The number of nitrogens with zero attached hydrogens (tertiary/aromatic N) is 1. The van der Waals surface area contributed by atoms with Crippen LogP contribution in [0.5, 0.6) is 0 Å². The van der Waals surface area contributed by atoms with Gasteiger partial charge >= 0.3 is 0 Å². The highest BCUT2D eigenvalue weighted by Crippen LogP contribution is 2.16. The van der Waals surface area contributed by atoms with Gasteiger partial charge in [-0.1, -0.05) is 42.5 Å². The molecule has 0 aliphatic rings. The van der Waals surface area contributed by atoms with Crippen LogP contribution >= 0.6 is 0 Å². The molecule has 2 aromatic carbocycles. The Labute approximate surface area is 161 Å². The van der Waals surface area contributed by atoms with E-state index in [1.807, 2.05) is 62.3 Å². The van der Waals surface area contributed by atoms with E-state index >= 15 is 0 Å². The average Bonchev–Trinajstić information content (AvgIpc) is 2.62. The molecule has 0 aliphatic heterocycles. The second-order valence-corrected chi connectivity index (χ2v) is 8.43. The summed E-state index contributed by atoms with van der Waals surface area (Å²) in [6.45, 7) is 2.35. The molecule has 6 nitrogen and oxygen atoms in total. The van der Waals surface area contributed by atoms with Crippen LogP contribution in [-0.4, -0.2) is 46.4 Å². The second-order valence-electron chi connectivity index (χ2n) is 6.66. The number of carbonyl (C=O) groups is 1. The minimum Gasteiger partial charge on any atom is -0.354 e. The lowest BCUT2D eigenvalue weighted by atomic mass is 10.1. The predicted octanol–water partition coefficient (Wildman–Crippen LogP) is 2.08. The van der Waals surface area contributed by atoms with Gasteiger partial charge in [-0.05, 0) is 44.3 Å². The van der Waals surface area contributed by atoms with Crippen LogP contribution in [0.2, 0.25) is 0 Å². The van der Waals surface area contributed by atoms with E-state index in [0.29, 0.717) is 6.54 Å². The van der Waals surface area contributed by atoms with Crippen LogP contribution in [0.3, 0.4) is 0 Å². The van der Waals surface area contributed by atoms with E-state index in [1.165, 1.54) is 6.07 Å². The van der Waals surface area contributed by atoms with E-state index in [0.717, 1.165) is 11.1 Å². The normalized spacial score (nSPS) is 12.7. The van der Waals surface area contributed by atoms with Crippen molar-refractivity contribution >= 4 is 15.9 Å². The number of sulfonamides is 1.